The second-order valence-corrected chi connectivity index (χ2v) is 5.63. The minimum absolute atomic E-state index is 0.0956. The van der Waals surface area contributed by atoms with Crippen molar-refractivity contribution in [3.63, 3.8) is 0 Å². The van der Waals surface area contributed by atoms with Crippen LogP contribution in [-0.4, -0.2) is 32.1 Å². The van der Waals surface area contributed by atoms with Crippen LogP contribution in [0.15, 0.2) is 24.3 Å². The van der Waals surface area contributed by atoms with Crippen molar-refractivity contribution >= 4 is 11.6 Å². The van der Waals surface area contributed by atoms with E-state index in [1.54, 1.807) is 0 Å². The van der Waals surface area contributed by atoms with Crippen LogP contribution in [-0.2, 0) is 4.79 Å². The highest BCUT2D eigenvalue weighted by Crippen LogP contribution is 2.15. The second kappa shape index (κ2) is 7.29. The number of amides is 1. The van der Waals surface area contributed by atoms with Crippen molar-refractivity contribution in [2.24, 2.45) is 5.92 Å². The Morgan fingerprint density at radius 3 is 2.80 bits per heavy atom. The molecule has 110 valence electrons. The molecule has 1 saturated heterocycles. The minimum Gasteiger partial charge on any atom is -0.494 e. The quantitative estimate of drug-likeness (QED) is 0.853. The number of carbonyl (C=O) groups excluding carboxylic acids is 1. The smallest absolute Gasteiger partial charge is 0.279 e. The largest absolute Gasteiger partial charge is 0.494 e. The molecule has 4 nitrogen and oxygen atoms in total. The SMILES string of the molecule is CCOc1ccc(NC(=O)C[NH+]2CCC[C@@H](C)C2)cc1. The van der Waals surface area contributed by atoms with E-state index in [9.17, 15) is 4.79 Å². The topological polar surface area (TPSA) is 42.8 Å². The van der Waals surface area contributed by atoms with Gasteiger partial charge in [0, 0.05) is 11.6 Å². The predicted octanol–water partition coefficient (Wildman–Crippen LogP) is 1.34. The van der Waals surface area contributed by atoms with Gasteiger partial charge in [0.2, 0.25) is 0 Å². The molecule has 1 fully saturated rings. The molecule has 0 spiro atoms. The van der Waals surface area contributed by atoms with Gasteiger partial charge in [-0.1, -0.05) is 6.92 Å². The number of ether oxygens (including phenoxy) is 1. The summed E-state index contributed by atoms with van der Waals surface area (Å²) in [5.41, 5.74) is 0.836. The number of rotatable bonds is 5. The van der Waals surface area contributed by atoms with Crippen LogP contribution in [0.2, 0.25) is 0 Å². The van der Waals surface area contributed by atoms with Crippen molar-refractivity contribution in [3.05, 3.63) is 24.3 Å². The molecule has 2 rings (SSSR count). The van der Waals surface area contributed by atoms with Crippen LogP contribution < -0.4 is 15.0 Å². The maximum Gasteiger partial charge on any atom is 0.279 e. The van der Waals surface area contributed by atoms with Gasteiger partial charge in [-0.25, -0.2) is 0 Å². The predicted molar refractivity (Wildman–Crippen MR) is 80.2 cm³/mol. The monoisotopic (exact) mass is 277 g/mol. The molecule has 20 heavy (non-hydrogen) atoms. The maximum absolute atomic E-state index is 12.0. The fraction of sp³-hybridized carbons (Fsp3) is 0.562. The fourth-order valence-corrected chi connectivity index (χ4v) is 2.79. The van der Waals surface area contributed by atoms with Crippen molar-refractivity contribution in [2.75, 3.05) is 31.6 Å². The zero-order chi connectivity index (χ0) is 14.4. The van der Waals surface area contributed by atoms with E-state index in [2.05, 4.69) is 12.2 Å². The van der Waals surface area contributed by atoms with E-state index in [0.29, 0.717) is 13.2 Å². The molecule has 2 atom stereocenters. The number of hydrogen-bond donors (Lipinski definition) is 2. The fourth-order valence-electron chi connectivity index (χ4n) is 2.79. The summed E-state index contributed by atoms with van der Waals surface area (Å²) in [6.45, 7) is 7.67. The first-order valence-electron chi connectivity index (χ1n) is 7.53. The number of likely N-dealkylation sites (tertiary alicyclic amines) is 1. The number of carbonyl (C=O) groups is 1. The second-order valence-electron chi connectivity index (χ2n) is 5.63. The normalized spacial score (nSPS) is 22.3. The van der Waals surface area contributed by atoms with Crippen molar-refractivity contribution in [1.82, 2.24) is 0 Å². The molecule has 4 heteroatoms. The Balaban J connectivity index is 1.81. The highest BCUT2D eigenvalue weighted by molar-refractivity contribution is 5.91. The number of nitrogens with one attached hydrogen (secondary N) is 2. The van der Waals surface area contributed by atoms with Gasteiger partial charge in [-0.2, -0.15) is 0 Å². The van der Waals surface area contributed by atoms with Crippen molar-refractivity contribution < 1.29 is 14.4 Å². The first-order valence-corrected chi connectivity index (χ1v) is 7.53. The third-order valence-corrected chi connectivity index (χ3v) is 3.72. The van der Waals surface area contributed by atoms with Gasteiger partial charge < -0.3 is 15.0 Å². The summed E-state index contributed by atoms with van der Waals surface area (Å²) in [6, 6.07) is 7.54. The molecule has 0 aromatic heterocycles. The summed E-state index contributed by atoms with van der Waals surface area (Å²) in [5, 5.41) is 2.96. The molecule has 0 aliphatic carbocycles. The van der Waals surface area contributed by atoms with Gasteiger partial charge in [0.05, 0.1) is 19.7 Å². The number of piperidine rings is 1. The van der Waals surface area contributed by atoms with E-state index in [-0.39, 0.29) is 5.91 Å². The molecule has 1 aliphatic heterocycles. The lowest BCUT2D eigenvalue weighted by Gasteiger charge is -2.27. The summed E-state index contributed by atoms with van der Waals surface area (Å²) >= 11 is 0. The Morgan fingerprint density at radius 2 is 2.15 bits per heavy atom. The lowest BCUT2D eigenvalue weighted by atomic mass is 10.0. The molecular formula is C16H25N2O2+. The summed E-state index contributed by atoms with van der Waals surface area (Å²) < 4.78 is 5.38. The number of anilines is 1. The van der Waals surface area contributed by atoms with Gasteiger partial charge in [-0.3, -0.25) is 4.79 Å². The number of hydrogen-bond acceptors (Lipinski definition) is 2. The molecule has 0 saturated carbocycles. The lowest BCUT2D eigenvalue weighted by Crippen LogP contribution is -3.14. The lowest BCUT2D eigenvalue weighted by molar-refractivity contribution is -0.900. The summed E-state index contributed by atoms with van der Waals surface area (Å²) in [7, 11) is 0. The Bertz CT molecular complexity index is 431. The molecule has 1 amide bonds. The van der Waals surface area contributed by atoms with Crippen LogP contribution in [0.25, 0.3) is 0 Å². The third-order valence-electron chi connectivity index (χ3n) is 3.72. The molecule has 0 radical (unpaired) electrons. The van der Waals surface area contributed by atoms with Gasteiger partial charge >= 0.3 is 0 Å². The Kier molecular flexibility index (Phi) is 5.41. The molecule has 1 unspecified atom stereocenters. The number of quaternary nitrogens is 1. The zero-order valence-electron chi connectivity index (χ0n) is 12.4. The van der Waals surface area contributed by atoms with E-state index in [1.165, 1.54) is 17.7 Å². The van der Waals surface area contributed by atoms with E-state index in [4.69, 9.17) is 4.74 Å². The summed E-state index contributed by atoms with van der Waals surface area (Å²) in [5.74, 6) is 1.66. The average molecular weight is 277 g/mol. The highest BCUT2D eigenvalue weighted by atomic mass is 16.5. The molecule has 1 heterocycles. The van der Waals surface area contributed by atoms with E-state index >= 15 is 0 Å². The number of benzene rings is 1. The molecule has 1 aliphatic rings. The van der Waals surface area contributed by atoms with Crippen molar-refractivity contribution in [1.29, 1.82) is 0 Å². The van der Waals surface area contributed by atoms with Crippen molar-refractivity contribution in [2.45, 2.75) is 26.7 Å². The van der Waals surface area contributed by atoms with Gasteiger partial charge in [0.1, 0.15) is 5.75 Å². The standard InChI is InChI=1S/C16H24N2O2/c1-3-20-15-8-6-14(7-9-15)17-16(19)12-18-10-4-5-13(2)11-18/h6-9,13H,3-5,10-12H2,1-2H3,(H,17,19)/p+1/t13-/m1/s1. The summed E-state index contributed by atoms with van der Waals surface area (Å²) in [6.07, 6.45) is 2.52. The van der Waals surface area contributed by atoms with Crippen LogP contribution >= 0.6 is 0 Å². The van der Waals surface area contributed by atoms with Crippen LogP contribution in [0.1, 0.15) is 26.7 Å². The van der Waals surface area contributed by atoms with Crippen molar-refractivity contribution in [3.8, 4) is 5.75 Å². The molecule has 1 aromatic rings. The molecular weight excluding hydrogens is 252 g/mol. The molecule has 2 N–H and O–H groups in total. The molecule has 0 bridgehead atoms. The van der Waals surface area contributed by atoms with Gasteiger partial charge in [0.15, 0.2) is 6.54 Å². The van der Waals surface area contributed by atoms with Crippen LogP contribution in [0.5, 0.6) is 5.75 Å². The minimum atomic E-state index is 0.0956. The van der Waals surface area contributed by atoms with E-state index in [0.717, 1.165) is 30.4 Å². The third kappa shape index (κ3) is 4.53. The first kappa shape index (κ1) is 14.9. The van der Waals surface area contributed by atoms with E-state index in [1.807, 2.05) is 31.2 Å². The van der Waals surface area contributed by atoms with Crippen LogP contribution in [0.3, 0.4) is 0 Å². The summed E-state index contributed by atoms with van der Waals surface area (Å²) in [4.78, 5) is 13.4. The Morgan fingerprint density at radius 1 is 1.40 bits per heavy atom. The maximum atomic E-state index is 12.0. The van der Waals surface area contributed by atoms with Gasteiger partial charge in [0.25, 0.3) is 5.91 Å². The van der Waals surface area contributed by atoms with Gasteiger partial charge in [-0.15, -0.1) is 0 Å². The molecule has 1 aromatic carbocycles. The first-order chi connectivity index (χ1) is 9.67. The van der Waals surface area contributed by atoms with Crippen LogP contribution in [0.4, 0.5) is 5.69 Å². The Labute approximate surface area is 121 Å². The van der Waals surface area contributed by atoms with Gasteiger partial charge in [-0.05, 0) is 44.0 Å². The van der Waals surface area contributed by atoms with E-state index < -0.39 is 0 Å². The highest BCUT2D eigenvalue weighted by Gasteiger charge is 2.21. The zero-order valence-corrected chi connectivity index (χ0v) is 12.4. The van der Waals surface area contributed by atoms with Crippen LogP contribution in [0, 0.1) is 5.92 Å². The Hall–Kier alpha value is -1.55. The average Bonchev–Trinajstić information content (AvgIpc) is 2.41.